The first kappa shape index (κ1) is 12.2. The van der Waals surface area contributed by atoms with Crippen molar-refractivity contribution in [2.24, 2.45) is 0 Å². The Bertz CT molecular complexity index is 613. The number of imidazole rings is 1. The second-order valence-electron chi connectivity index (χ2n) is 5.28. The van der Waals surface area contributed by atoms with Gasteiger partial charge in [0.25, 0.3) is 0 Å². The van der Waals surface area contributed by atoms with E-state index in [1.807, 2.05) is 6.20 Å². The Hall–Kier alpha value is -1.90. The number of hydrogen-bond donors (Lipinski definition) is 1. The second-order valence-corrected chi connectivity index (χ2v) is 5.28. The Morgan fingerprint density at radius 1 is 1.32 bits per heavy atom. The summed E-state index contributed by atoms with van der Waals surface area (Å²) in [7, 11) is 0. The van der Waals surface area contributed by atoms with Crippen molar-refractivity contribution in [3.05, 3.63) is 41.3 Å². The minimum atomic E-state index is 0.204. The number of nitrogens with one attached hydrogen (secondary N) is 1. The fourth-order valence-electron chi connectivity index (χ4n) is 2.67. The first-order valence-corrected chi connectivity index (χ1v) is 6.88. The van der Waals surface area contributed by atoms with Crippen LogP contribution in [0.2, 0.25) is 0 Å². The van der Waals surface area contributed by atoms with Crippen LogP contribution in [0.25, 0.3) is 11.3 Å². The van der Waals surface area contributed by atoms with Gasteiger partial charge in [0.15, 0.2) is 0 Å². The highest BCUT2D eigenvalue weighted by Gasteiger charge is 2.12. The number of H-pyrrole nitrogens is 1. The van der Waals surface area contributed by atoms with E-state index in [4.69, 9.17) is 0 Å². The number of nitrogens with zero attached hydrogens (tertiary/aromatic N) is 1. The third-order valence-corrected chi connectivity index (χ3v) is 3.75. The number of rotatable bonds is 4. The van der Waals surface area contributed by atoms with E-state index in [9.17, 15) is 4.79 Å². The molecular formula is C16H18N2O. The predicted octanol–water partition coefficient (Wildman–Crippen LogP) is 3.09. The zero-order chi connectivity index (χ0) is 13.2. The number of fused-ring (bicyclic) bond motifs is 1. The van der Waals surface area contributed by atoms with Gasteiger partial charge in [-0.05, 0) is 48.9 Å². The molecule has 0 fully saturated rings. The number of aryl methyl sites for hydroxylation is 3. The van der Waals surface area contributed by atoms with Crippen LogP contribution in [0.1, 0.15) is 36.7 Å². The van der Waals surface area contributed by atoms with Crippen LogP contribution in [-0.4, -0.2) is 15.8 Å². The molecule has 3 nitrogen and oxygen atoms in total. The molecule has 3 rings (SSSR count). The van der Waals surface area contributed by atoms with Crippen LogP contribution in [0.5, 0.6) is 0 Å². The van der Waals surface area contributed by atoms with Crippen LogP contribution in [0.15, 0.2) is 24.4 Å². The van der Waals surface area contributed by atoms with Crippen LogP contribution < -0.4 is 0 Å². The zero-order valence-corrected chi connectivity index (χ0v) is 11.2. The van der Waals surface area contributed by atoms with E-state index < -0.39 is 0 Å². The first-order valence-electron chi connectivity index (χ1n) is 6.88. The molecule has 0 amide bonds. The molecule has 0 radical (unpaired) electrons. The third-order valence-electron chi connectivity index (χ3n) is 3.75. The molecule has 0 aliphatic heterocycles. The fourth-order valence-corrected chi connectivity index (χ4v) is 2.67. The summed E-state index contributed by atoms with van der Waals surface area (Å²) in [6.45, 7) is 1.62. The summed E-state index contributed by atoms with van der Waals surface area (Å²) >= 11 is 0. The Morgan fingerprint density at radius 3 is 3.00 bits per heavy atom. The van der Waals surface area contributed by atoms with Crippen LogP contribution in [-0.2, 0) is 24.1 Å². The van der Waals surface area contributed by atoms with E-state index in [-0.39, 0.29) is 5.78 Å². The lowest BCUT2D eigenvalue weighted by molar-refractivity contribution is -0.117. The summed E-state index contributed by atoms with van der Waals surface area (Å²) in [5, 5.41) is 0. The highest BCUT2D eigenvalue weighted by atomic mass is 16.1. The number of hydrogen-bond acceptors (Lipinski definition) is 2. The molecule has 1 aromatic carbocycles. The fraction of sp³-hybridized carbons (Fsp3) is 0.375. The van der Waals surface area contributed by atoms with Crippen molar-refractivity contribution < 1.29 is 4.79 Å². The lowest BCUT2D eigenvalue weighted by Gasteiger charge is -2.02. The van der Waals surface area contributed by atoms with Gasteiger partial charge in [-0.3, -0.25) is 0 Å². The average molecular weight is 254 g/mol. The summed E-state index contributed by atoms with van der Waals surface area (Å²) in [6, 6.07) is 6.66. The van der Waals surface area contributed by atoms with Gasteiger partial charge in [0.05, 0.1) is 11.9 Å². The van der Waals surface area contributed by atoms with Gasteiger partial charge < -0.3 is 9.78 Å². The molecule has 19 heavy (non-hydrogen) atoms. The van der Waals surface area contributed by atoms with E-state index >= 15 is 0 Å². The van der Waals surface area contributed by atoms with E-state index in [1.165, 1.54) is 36.0 Å². The highest BCUT2D eigenvalue weighted by molar-refractivity contribution is 5.75. The quantitative estimate of drug-likeness (QED) is 0.911. The Labute approximate surface area is 113 Å². The first-order chi connectivity index (χ1) is 9.22. The van der Waals surface area contributed by atoms with Crippen LogP contribution >= 0.6 is 0 Å². The van der Waals surface area contributed by atoms with Crippen LogP contribution in [0, 0.1) is 0 Å². The van der Waals surface area contributed by atoms with Gasteiger partial charge in [0, 0.05) is 12.8 Å². The number of carbonyl (C=O) groups excluding carboxylic acids is 1. The van der Waals surface area contributed by atoms with E-state index in [0.717, 1.165) is 11.5 Å². The molecule has 1 aliphatic rings. The molecule has 0 spiro atoms. The smallest absolute Gasteiger partial charge is 0.130 e. The van der Waals surface area contributed by atoms with Crippen molar-refractivity contribution in [1.29, 1.82) is 0 Å². The maximum Gasteiger partial charge on any atom is 0.130 e. The minimum Gasteiger partial charge on any atom is -0.342 e. The second kappa shape index (κ2) is 5.00. The molecule has 1 heterocycles. The molecule has 98 valence electrons. The Kier molecular flexibility index (Phi) is 3.20. The summed E-state index contributed by atoms with van der Waals surface area (Å²) in [6.07, 6.45) is 6.78. The van der Waals surface area contributed by atoms with Crippen LogP contribution in [0.4, 0.5) is 0 Å². The van der Waals surface area contributed by atoms with E-state index in [2.05, 4.69) is 28.2 Å². The molecule has 2 aromatic rings. The summed E-state index contributed by atoms with van der Waals surface area (Å²) in [5.41, 5.74) is 5.20. The normalized spacial score (nSPS) is 13.5. The zero-order valence-electron chi connectivity index (χ0n) is 11.2. The monoisotopic (exact) mass is 254 g/mol. The molecule has 0 atom stereocenters. The molecule has 0 unspecified atom stereocenters. The van der Waals surface area contributed by atoms with Gasteiger partial charge in [0.1, 0.15) is 11.6 Å². The van der Waals surface area contributed by atoms with Crippen molar-refractivity contribution in [2.75, 3.05) is 0 Å². The average Bonchev–Trinajstić information content (AvgIpc) is 3.04. The molecule has 1 aliphatic carbocycles. The Morgan fingerprint density at radius 2 is 2.16 bits per heavy atom. The number of aromatic amines is 1. The lowest BCUT2D eigenvalue weighted by Crippen LogP contribution is -1.95. The predicted molar refractivity (Wildman–Crippen MR) is 75.1 cm³/mol. The van der Waals surface area contributed by atoms with Gasteiger partial charge in [-0.1, -0.05) is 12.1 Å². The summed E-state index contributed by atoms with van der Waals surface area (Å²) in [5.74, 6) is 1.10. The summed E-state index contributed by atoms with van der Waals surface area (Å²) in [4.78, 5) is 18.6. The molecular weight excluding hydrogens is 236 g/mol. The molecule has 1 aromatic heterocycles. The number of ketones is 1. The van der Waals surface area contributed by atoms with E-state index in [0.29, 0.717) is 12.8 Å². The maximum atomic E-state index is 11.0. The number of carbonyl (C=O) groups is 1. The van der Waals surface area contributed by atoms with Gasteiger partial charge in [-0.25, -0.2) is 4.98 Å². The van der Waals surface area contributed by atoms with Gasteiger partial charge >= 0.3 is 0 Å². The molecule has 0 saturated heterocycles. The molecule has 0 bridgehead atoms. The van der Waals surface area contributed by atoms with Crippen molar-refractivity contribution >= 4 is 5.78 Å². The molecule has 0 saturated carbocycles. The third kappa shape index (κ3) is 2.60. The highest BCUT2D eigenvalue weighted by Crippen LogP contribution is 2.27. The van der Waals surface area contributed by atoms with Gasteiger partial charge in [-0.15, -0.1) is 0 Å². The van der Waals surface area contributed by atoms with Gasteiger partial charge in [0.2, 0.25) is 0 Å². The minimum absolute atomic E-state index is 0.204. The molecule has 3 heteroatoms. The van der Waals surface area contributed by atoms with Gasteiger partial charge in [-0.2, -0.15) is 0 Å². The summed E-state index contributed by atoms with van der Waals surface area (Å²) < 4.78 is 0. The molecule has 1 N–H and O–H groups in total. The largest absolute Gasteiger partial charge is 0.342 e. The number of benzene rings is 1. The SMILES string of the molecule is CC(=O)CCc1ncc(-c2ccc3c(c2)CCC3)[nH]1. The number of aromatic nitrogens is 2. The number of Topliss-reactive ketones (excluding diaryl/α,β-unsaturated/α-hetero) is 1. The maximum absolute atomic E-state index is 11.0. The Balaban J connectivity index is 1.80. The van der Waals surface area contributed by atoms with Crippen molar-refractivity contribution in [3.63, 3.8) is 0 Å². The standard InChI is InChI=1S/C16H18N2O/c1-11(19)5-8-16-17-10-15(18-16)14-7-6-12-3-2-4-13(12)9-14/h6-7,9-10H,2-5,8H2,1H3,(H,17,18). The van der Waals surface area contributed by atoms with E-state index in [1.54, 1.807) is 6.92 Å². The lowest BCUT2D eigenvalue weighted by atomic mass is 10.0. The van der Waals surface area contributed by atoms with Crippen LogP contribution in [0.3, 0.4) is 0 Å². The van der Waals surface area contributed by atoms with Crippen molar-refractivity contribution in [2.45, 2.75) is 39.0 Å². The topological polar surface area (TPSA) is 45.8 Å². The van der Waals surface area contributed by atoms with Crippen molar-refractivity contribution in [1.82, 2.24) is 9.97 Å². The van der Waals surface area contributed by atoms with Crippen molar-refractivity contribution in [3.8, 4) is 11.3 Å².